The van der Waals surface area contributed by atoms with Gasteiger partial charge in [0.05, 0.1) is 13.2 Å². The summed E-state index contributed by atoms with van der Waals surface area (Å²) in [5.41, 5.74) is 0. The Labute approximate surface area is 216 Å². The second kappa shape index (κ2) is 26.2. The Bertz CT molecular complexity index is 450. The van der Waals surface area contributed by atoms with Gasteiger partial charge in [0, 0.05) is 19.4 Å². The van der Waals surface area contributed by atoms with Crippen LogP contribution in [0.3, 0.4) is 0 Å². The molecule has 0 aromatic heterocycles. The number of carboxylic acid groups (broad SMARTS) is 1. The van der Waals surface area contributed by atoms with Gasteiger partial charge < -0.3 is 19.8 Å². The zero-order valence-corrected chi connectivity index (χ0v) is 23.1. The molecule has 0 saturated heterocycles. The van der Waals surface area contributed by atoms with Gasteiger partial charge in [-0.05, 0) is 56.0 Å². The second-order valence-electron chi connectivity index (χ2n) is 9.03. The molecule has 0 radical (unpaired) electrons. The van der Waals surface area contributed by atoms with Crippen LogP contribution in [0.15, 0.2) is 0 Å². The number of aliphatic hydroxyl groups is 1. The molecule has 0 fully saturated rings. The van der Waals surface area contributed by atoms with Crippen molar-refractivity contribution in [2.75, 3.05) is 37.3 Å². The van der Waals surface area contributed by atoms with E-state index < -0.39 is 5.97 Å². The van der Waals surface area contributed by atoms with Gasteiger partial charge in [-0.1, -0.05) is 86.8 Å². The quantitative estimate of drug-likeness (QED) is 0.0533. The number of esters is 1. The van der Waals surface area contributed by atoms with Crippen molar-refractivity contribution in [2.24, 2.45) is 0 Å². The van der Waals surface area contributed by atoms with E-state index in [1.165, 1.54) is 30.1 Å². The molecule has 0 atom stereocenters. The Morgan fingerprint density at radius 1 is 0.636 bits per heavy atom. The smallest absolute Gasteiger partial charge is 0.305 e. The summed E-state index contributed by atoms with van der Waals surface area (Å²) in [7, 11) is 0. The molecule has 196 valence electrons. The first-order chi connectivity index (χ1) is 16.1. The van der Waals surface area contributed by atoms with Gasteiger partial charge >= 0.3 is 11.9 Å². The van der Waals surface area contributed by atoms with E-state index in [-0.39, 0.29) is 19.0 Å². The molecule has 0 rings (SSSR count). The van der Waals surface area contributed by atoms with Crippen LogP contribution in [-0.2, 0) is 14.3 Å². The molecule has 0 unspecified atom stereocenters. The monoisotopic (exact) mass is 583 g/mol. The van der Waals surface area contributed by atoms with Crippen molar-refractivity contribution in [2.45, 2.75) is 116 Å². The maximum atomic E-state index is 11.8. The number of rotatable bonds is 26. The fourth-order valence-corrected chi connectivity index (χ4v) is 4.46. The molecule has 0 amide bonds. The average Bonchev–Trinajstić information content (AvgIpc) is 2.79. The van der Waals surface area contributed by atoms with Crippen molar-refractivity contribution >= 4 is 34.5 Å². The first kappa shape index (κ1) is 32.6. The van der Waals surface area contributed by atoms with E-state index in [0.717, 1.165) is 96.7 Å². The maximum absolute atomic E-state index is 11.8. The van der Waals surface area contributed by atoms with Gasteiger partial charge in [-0.15, -0.1) is 0 Å². The average molecular weight is 584 g/mol. The number of hydrogen-bond donors (Lipinski definition) is 2. The van der Waals surface area contributed by atoms with Crippen molar-refractivity contribution in [1.29, 1.82) is 0 Å². The standard InChI is InChI=1S/C26H50INO5/c27-19-13-7-1-2-10-16-24-33-26(32)18-12-6-4-9-15-21-28(22-23-29)20-14-8-3-5-11-17-25(30)31/h29H,1-24H2,(H,30,31). The van der Waals surface area contributed by atoms with E-state index in [1.807, 2.05) is 0 Å². The molecule has 0 aliphatic rings. The number of carboxylic acids is 1. The van der Waals surface area contributed by atoms with Crippen LogP contribution in [0.2, 0.25) is 0 Å². The van der Waals surface area contributed by atoms with Crippen LogP contribution < -0.4 is 0 Å². The van der Waals surface area contributed by atoms with Gasteiger partial charge in [-0.25, -0.2) is 0 Å². The lowest BCUT2D eigenvalue weighted by Crippen LogP contribution is -2.29. The van der Waals surface area contributed by atoms with Crippen LogP contribution in [0.4, 0.5) is 0 Å². The van der Waals surface area contributed by atoms with Crippen molar-refractivity contribution in [3.05, 3.63) is 0 Å². The molecule has 0 aliphatic heterocycles. The number of ether oxygens (including phenoxy) is 1. The fourth-order valence-electron chi connectivity index (χ4n) is 3.92. The van der Waals surface area contributed by atoms with Crippen molar-refractivity contribution in [3.8, 4) is 0 Å². The number of carbonyl (C=O) groups excluding carboxylic acids is 1. The van der Waals surface area contributed by atoms with Gasteiger partial charge in [-0.3, -0.25) is 9.59 Å². The molecule has 0 heterocycles. The molecule has 0 aliphatic carbocycles. The number of carbonyl (C=O) groups is 2. The predicted molar refractivity (Wildman–Crippen MR) is 144 cm³/mol. The number of aliphatic hydroxyl groups excluding tert-OH is 1. The molecule has 2 N–H and O–H groups in total. The maximum Gasteiger partial charge on any atom is 0.305 e. The molecule has 0 saturated carbocycles. The third kappa shape index (κ3) is 26.0. The molecule has 0 aromatic rings. The Morgan fingerprint density at radius 2 is 1.12 bits per heavy atom. The predicted octanol–water partition coefficient (Wildman–Crippen LogP) is 6.37. The Kier molecular flexibility index (Phi) is 25.9. The topological polar surface area (TPSA) is 87.1 Å². The Balaban J connectivity index is 3.50. The van der Waals surface area contributed by atoms with E-state index >= 15 is 0 Å². The third-order valence-corrected chi connectivity index (χ3v) is 6.69. The minimum Gasteiger partial charge on any atom is -0.481 e. The minimum atomic E-state index is -0.706. The SMILES string of the molecule is O=C(O)CCCCCCCN(CCO)CCCCCCCC(=O)OCCCCCCCCI. The molecular formula is C26H50INO5. The van der Waals surface area contributed by atoms with Crippen molar-refractivity contribution in [1.82, 2.24) is 4.90 Å². The highest BCUT2D eigenvalue weighted by molar-refractivity contribution is 14.1. The van der Waals surface area contributed by atoms with Crippen molar-refractivity contribution < 1.29 is 24.5 Å². The van der Waals surface area contributed by atoms with Crippen LogP contribution in [-0.4, -0.2) is 64.3 Å². The lowest BCUT2D eigenvalue weighted by atomic mass is 10.1. The van der Waals surface area contributed by atoms with Gasteiger partial charge in [0.1, 0.15) is 0 Å². The first-order valence-corrected chi connectivity index (χ1v) is 14.9. The van der Waals surface area contributed by atoms with E-state index in [4.69, 9.17) is 9.84 Å². The second-order valence-corrected chi connectivity index (χ2v) is 10.1. The number of hydrogen-bond acceptors (Lipinski definition) is 5. The molecule has 0 spiro atoms. The van der Waals surface area contributed by atoms with Crippen LogP contribution in [0, 0.1) is 0 Å². The summed E-state index contributed by atoms with van der Waals surface area (Å²) in [4.78, 5) is 24.6. The number of aliphatic carboxylic acids is 1. The van der Waals surface area contributed by atoms with Gasteiger partial charge in [0.15, 0.2) is 0 Å². The molecular weight excluding hydrogens is 533 g/mol. The van der Waals surface area contributed by atoms with E-state index in [0.29, 0.717) is 13.0 Å². The first-order valence-electron chi connectivity index (χ1n) is 13.4. The number of alkyl halides is 1. The number of halogens is 1. The summed E-state index contributed by atoms with van der Waals surface area (Å²) in [6, 6.07) is 0. The highest BCUT2D eigenvalue weighted by Gasteiger charge is 2.05. The third-order valence-electron chi connectivity index (χ3n) is 5.93. The zero-order valence-electron chi connectivity index (χ0n) is 20.9. The molecule has 7 heteroatoms. The largest absolute Gasteiger partial charge is 0.481 e. The molecule has 0 bridgehead atoms. The summed E-state index contributed by atoms with van der Waals surface area (Å²) in [6.45, 7) is 3.51. The van der Waals surface area contributed by atoms with E-state index in [9.17, 15) is 14.7 Å². The van der Waals surface area contributed by atoms with Gasteiger partial charge in [0.2, 0.25) is 0 Å². The summed E-state index contributed by atoms with van der Waals surface area (Å²) in [5.74, 6) is -0.750. The van der Waals surface area contributed by atoms with E-state index in [1.54, 1.807) is 0 Å². The summed E-state index contributed by atoms with van der Waals surface area (Å²) in [6.07, 6.45) is 18.6. The molecule has 0 aromatic carbocycles. The summed E-state index contributed by atoms with van der Waals surface area (Å²) >= 11 is 2.42. The Hall–Kier alpha value is -0.410. The lowest BCUT2D eigenvalue weighted by Gasteiger charge is -2.21. The van der Waals surface area contributed by atoms with Crippen LogP contribution in [0.5, 0.6) is 0 Å². The number of nitrogens with zero attached hydrogens (tertiary/aromatic N) is 1. The molecule has 33 heavy (non-hydrogen) atoms. The van der Waals surface area contributed by atoms with Crippen LogP contribution in [0.1, 0.15) is 116 Å². The fraction of sp³-hybridized carbons (Fsp3) is 0.923. The zero-order chi connectivity index (χ0) is 24.4. The summed E-state index contributed by atoms with van der Waals surface area (Å²) in [5, 5.41) is 17.9. The highest BCUT2D eigenvalue weighted by atomic mass is 127. The van der Waals surface area contributed by atoms with Crippen LogP contribution in [0.25, 0.3) is 0 Å². The Morgan fingerprint density at radius 3 is 1.67 bits per heavy atom. The lowest BCUT2D eigenvalue weighted by molar-refractivity contribution is -0.144. The molecule has 6 nitrogen and oxygen atoms in total. The van der Waals surface area contributed by atoms with Gasteiger partial charge in [-0.2, -0.15) is 0 Å². The normalized spacial score (nSPS) is 11.2. The summed E-state index contributed by atoms with van der Waals surface area (Å²) < 4.78 is 6.59. The van der Waals surface area contributed by atoms with Gasteiger partial charge in [0.25, 0.3) is 0 Å². The number of unbranched alkanes of at least 4 members (excludes halogenated alkanes) is 13. The minimum absolute atomic E-state index is 0.0445. The van der Waals surface area contributed by atoms with Crippen LogP contribution >= 0.6 is 22.6 Å². The van der Waals surface area contributed by atoms with E-state index in [2.05, 4.69) is 27.5 Å². The van der Waals surface area contributed by atoms with Crippen molar-refractivity contribution in [3.63, 3.8) is 0 Å². The highest BCUT2D eigenvalue weighted by Crippen LogP contribution is 2.10.